The summed E-state index contributed by atoms with van der Waals surface area (Å²) in [5.74, 6) is 1.85. The largest absolute Gasteiger partial charge is 0.494 e. The van der Waals surface area contributed by atoms with Gasteiger partial charge in [0.25, 0.3) is 0 Å². The summed E-state index contributed by atoms with van der Waals surface area (Å²) in [7, 11) is 0. The van der Waals surface area contributed by atoms with E-state index < -0.39 is 0 Å². The Balaban J connectivity index is 1.29. The molecule has 34 heavy (non-hydrogen) atoms. The average Bonchev–Trinajstić information content (AvgIpc) is 3.32. The number of pyridine rings is 1. The van der Waals surface area contributed by atoms with Gasteiger partial charge in [-0.2, -0.15) is 0 Å². The SMILES string of the molecule is CC(=O)N1CCN(CCCOc2ccc(Oc3cc(C(=N)OC=N)cc4cncn34)cc2)CC1. The van der Waals surface area contributed by atoms with Crippen LogP contribution in [0.25, 0.3) is 5.52 Å². The summed E-state index contributed by atoms with van der Waals surface area (Å²) in [4.78, 5) is 19.8. The lowest BCUT2D eigenvalue weighted by Gasteiger charge is -2.34. The Hall–Kier alpha value is -3.92. The molecular weight excluding hydrogens is 436 g/mol. The number of hydrogen-bond acceptors (Lipinski definition) is 8. The molecule has 4 rings (SSSR count). The van der Waals surface area contributed by atoms with E-state index in [-0.39, 0.29) is 11.8 Å². The molecule has 0 bridgehead atoms. The van der Waals surface area contributed by atoms with Crippen LogP contribution in [0.15, 0.2) is 48.9 Å². The normalized spacial score (nSPS) is 14.1. The second-order valence-electron chi connectivity index (χ2n) is 7.96. The van der Waals surface area contributed by atoms with Crippen molar-refractivity contribution in [2.75, 3.05) is 39.3 Å². The van der Waals surface area contributed by atoms with Crippen molar-refractivity contribution in [3.8, 4) is 17.4 Å². The summed E-state index contributed by atoms with van der Waals surface area (Å²) in [6.45, 7) is 6.58. The van der Waals surface area contributed by atoms with Crippen LogP contribution in [0.5, 0.6) is 17.4 Å². The van der Waals surface area contributed by atoms with E-state index in [0.29, 0.717) is 23.8 Å². The van der Waals surface area contributed by atoms with E-state index in [9.17, 15) is 4.79 Å². The van der Waals surface area contributed by atoms with Crippen LogP contribution in [-0.2, 0) is 9.53 Å². The predicted octanol–water partition coefficient (Wildman–Crippen LogP) is 3.01. The van der Waals surface area contributed by atoms with Crippen molar-refractivity contribution in [2.45, 2.75) is 13.3 Å². The molecule has 0 radical (unpaired) electrons. The van der Waals surface area contributed by atoms with Crippen molar-refractivity contribution >= 4 is 23.7 Å². The molecular formula is C24H28N6O4. The highest BCUT2D eigenvalue weighted by atomic mass is 16.5. The molecule has 1 aromatic carbocycles. The Labute approximate surface area is 197 Å². The predicted molar refractivity (Wildman–Crippen MR) is 127 cm³/mol. The number of carbonyl (C=O) groups excluding carboxylic acids is 1. The number of benzene rings is 1. The topological polar surface area (TPSA) is 116 Å². The molecule has 1 saturated heterocycles. The van der Waals surface area contributed by atoms with E-state index >= 15 is 0 Å². The van der Waals surface area contributed by atoms with Crippen molar-refractivity contribution in [3.63, 3.8) is 0 Å². The molecule has 1 aliphatic rings. The molecule has 10 nitrogen and oxygen atoms in total. The number of carbonyl (C=O) groups is 1. The lowest BCUT2D eigenvalue weighted by molar-refractivity contribution is -0.130. The first-order valence-corrected chi connectivity index (χ1v) is 11.1. The average molecular weight is 465 g/mol. The zero-order chi connectivity index (χ0) is 23.9. The van der Waals surface area contributed by atoms with Gasteiger partial charge in [0.15, 0.2) is 6.40 Å². The fraction of sp³-hybridized carbons (Fsp3) is 0.333. The molecule has 2 N–H and O–H groups in total. The smallest absolute Gasteiger partial charge is 0.220 e. The first-order valence-electron chi connectivity index (χ1n) is 11.1. The fourth-order valence-electron chi connectivity index (χ4n) is 3.83. The van der Waals surface area contributed by atoms with Crippen LogP contribution in [0.4, 0.5) is 0 Å². The van der Waals surface area contributed by atoms with Crippen LogP contribution >= 0.6 is 0 Å². The number of nitrogens with one attached hydrogen (secondary N) is 2. The van der Waals surface area contributed by atoms with Crippen molar-refractivity contribution in [2.24, 2.45) is 0 Å². The van der Waals surface area contributed by atoms with Gasteiger partial charge in [-0.15, -0.1) is 0 Å². The van der Waals surface area contributed by atoms with E-state index in [2.05, 4.69) is 9.88 Å². The number of amides is 1. The van der Waals surface area contributed by atoms with Gasteiger partial charge < -0.3 is 19.1 Å². The molecule has 10 heteroatoms. The quantitative estimate of drug-likeness (QED) is 0.286. The minimum atomic E-state index is -0.145. The molecule has 0 atom stereocenters. The number of ether oxygens (including phenoxy) is 3. The summed E-state index contributed by atoms with van der Waals surface area (Å²) >= 11 is 0. The minimum absolute atomic E-state index is 0.145. The van der Waals surface area contributed by atoms with Crippen molar-refractivity contribution in [3.05, 3.63) is 54.5 Å². The van der Waals surface area contributed by atoms with Crippen LogP contribution in [0.1, 0.15) is 18.9 Å². The molecule has 3 aromatic rings. The number of imidazole rings is 1. The third-order valence-corrected chi connectivity index (χ3v) is 5.68. The highest BCUT2D eigenvalue weighted by Gasteiger charge is 2.18. The van der Waals surface area contributed by atoms with Gasteiger partial charge >= 0.3 is 0 Å². The first kappa shape index (κ1) is 23.2. The number of nitrogens with zero attached hydrogens (tertiary/aromatic N) is 4. The molecule has 0 aliphatic carbocycles. The molecule has 0 spiro atoms. The van der Waals surface area contributed by atoms with E-state index in [4.69, 9.17) is 25.0 Å². The van der Waals surface area contributed by atoms with Crippen LogP contribution in [0, 0.1) is 10.8 Å². The van der Waals surface area contributed by atoms with Crippen molar-refractivity contribution in [1.82, 2.24) is 19.2 Å². The lowest BCUT2D eigenvalue weighted by Crippen LogP contribution is -2.48. The molecule has 3 heterocycles. The second-order valence-corrected chi connectivity index (χ2v) is 7.96. The maximum absolute atomic E-state index is 11.4. The molecule has 0 saturated carbocycles. The van der Waals surface area contributed by atoms with Gasteiger partial charge in [-0.25, -0.2) is 4.98 Å². The molecule has 178 valence electrons. The lowest BCUT2D eigenvalue weighted by atomic mass is 10.2. The maximum Gasteiger partial charge on any atom is 0.220 e. The minimum Gasteiger partial charge on any atom is -0.494 e. The standard InChI is InChI=1S/C24H28N6O4/c1-18(31)29-10-8-28(9-11-29)7-2-12-32-21-3-5-22(6-4-21)34-23-14-19(24(26)33-16-25)13-20-15-27-17-30(20)23/h3-6,13-17,25-26H,2,7-12H2,1H3. The van der Waals surface area contributed by atoms with Gasteiger partial charge in [0.1, 0.15) is 17.8 Å². The molecule has 1 amide bonds. The maximum atomic E-state index is 11.4. The van der Waals surface area contributed by atoms with Gasteiger partial charge in [-0.05, 0) is 36.8 Å². The van der Waals surface area contributed by atoms with Gasteiger partial charge in [0.05, 0.1) is 18.3 Å². The summed E-state index contributed by atoms with van der Waals surface area (Å²) in [5, 5.41) is 15.0. The van der Waals surface area contributed by atoms with Crippen molar-refractivity contribution in [1.29, 1.82) is 10.8 Å². The Morgan fingerprint density at radius 1 is 1.12 bits per heavy atom. The van der Waals surface area contributed by atoms with Crippen LogP contribution in [-0.4, -0.2) is 76.7 Å². The van der Waals surface area contributed by atoms with Gasteiger partial charge in [-0.1, -0.05) is 0 Å². The monoisotopic (exact) mass is 464 g/mol. The van der Waals surface area contributed by atoms with Crippen molar-refractivity contribution < 1.29 is 19.0 Å². The first-order chi connectivity index (χ1) is 16.5. The number of piperazine rings is 1. The van der Waals surface area contributed by atoms with E-state index in [1.165, 1.54) is 0 Å². The van der Waals surface area contributed by atoms with Crippen LogP contribution in [0.3, 0.4) is 0 Å². The van der Waals surface area contributed by atoms with Gasteiger partial charge in [0.2, 0.25) is 17.7 Å². The zero-order valence-corrected chi connectivity index (χ0v) is 19.1. The van der Waals surface area contributed by atoms with E-state index in [1.807, 2.05) is 29.2 Å². The number of aromatic nitrogens is 2. The second kappa shape index (κ2) is 10.8. The number of fused-ring (bicyclic) bond motifs is 1. The highest BCUT2D eigenvalue weighted by Crippen LogP contribution is 2.26. The Bertz CT molecular complexity index is 1150. The Morgan fingerprint density at radius 2 is 1.85 bits per heavy atom. The van der Waals surface area contributed by atoms with Crippen LogP contribution in [0.2, 0.25) is 0 Å². The highest BCUT2D eigenvalue weighted by molar-refractivity contribution is 5.96. The summed E-state index contributed by atoms with van der Waals surface area (Å²) in [5.41, 5.74) is 1.22. The number of hydrogen-bond donors (Lipinski definition) is 2. The number of rotatable bonds is 9. The summed E-state index contributed by atoms with van der Waals surface area (Å²) in [6, 6.07) is 10.8. The third kappa shape index (κ3) is 5.70. The fourth-order valence-corrected chi connectivity index (χ4v) is 3.83. The van der Waals surface area contributed by atoms with Crippen LogP contribution < -0.4 is 9.47 Å². The molecule has 1 aliphatic heterocycles. The molecule has 2 aromatic heterocycles. The van der Waals surface area contributed by atoms with Gasteiger partial charge in [-0.3, -0.25) is 24.9 Å². The summed E-state index contributed by atoms with van der Waals surface area (Å²) < 4.78 is 18.5. The molecule has 1 fully saturated rings. The molecule has 0 unspecified atom stereocenters. The summed E-state index contributed by atoms with van der Waals surface area (Å²) in [6.07, 6.45) is 4.92. The third-order valence-electron chi connectivity index (χ3n) is 5.68. The Morgan fingerprint density at radius 3 is 2.56 bits per heavy atom. The zero-order valence-electron chi connectivity index (χ0n) is 19.1. The van der Waals surface area contributed by atoms with Gasteiger partial charge in [0, 0.05) is 51.3 Å². The van der Waals surface area contributed by atoms with E-state index in [0.717, 1.165) is 56.8 Å². The Kier molecular flexibility index (Phi) is 7.38. The van der Waals surface area contributed by atoms with E-state index in [1.54, 1.807) is 36.0 Å².